The first kappa shape index (κ1) is 25.8. The first-order chi connectivity index (χ1) is 12.3. The summed E-state index contributed by atoms with van der Waals surface area (Å²) >= 11 is 0. The number of rotatable bonds is 7. The average molecular weight is 407 g/mol. The molecule has 1 aromatic heterocycles. The lowest BCUT2D eigenvalue weighted by Gasteiger charge is -2.35. The second-order valence-corrected chi connectivity index (χ2v) is 11.9. The minimum Gasteiger partial charge on any atom is -0.444 e. The van der Waals surface area contributed by atoms with Crippen molar-refractivity contribution in [3.63, 3.8) is 0 Å². The molecule has 1 amide bonds. The number of nitrogens with zero attached hydrogens (tertiary/aromatic N) is 1. The van der Waals surface area contributed by atoms with E-state index < -0.39 is 22.0 Å². The first-order valence-corrected chi connectivity index (χ1v) is 12.4. The smallest absolute Gasteiger partial charge is 0.407 e. The van der Waals surface area contributed by atoms with Gasteiger partial charge in [-0.1, -0.05) is 39.8 Å². The van der Waals surface area contributed by atoms with E-state index in [4.69, 9.17) is 13.4 Å². The fourth-order valence-electron chi connectivity index (χ4n) is 2.19. The molecule has 0 aliphatic rings. The fraction of sp³-hybridized carbons (Fsp3) is 0.800. The summed E-state index contributed by atoms with van der Waals surface area (Å²) in [5, 5.41) is 7.12. The van der Waals surface area contributed by atoms with E-state index in [-0.39, 0.29) is 19.5 Å². The van der Waals surface area contributed by atoms with Gasteiger partial charge in [-0.25, -0.2) is 4.79 Å². The molecule has 1 heterocycles. The lowest BCUT2D eigenvalue weighted by atomic mass is 10.0. The van der Waals surface area contributed by atoms with E-state index in [2.05, 4.69) is 29.2 Å². The summed E-state index contributed by atoms with van der Waals surface area (Å²) in [7, 11) is -1.28. The molecular formula is C20H42N2O4S. The van der Waals surface area contributed by atoms with Gasteiger partial charge in [0.15, 0.2) is 0 Å². The standard InChI is InChI=1S/C18H34N2O4S.C2H6.H2/c1-10-13(19-17(21)22-18(4,5)6)16(24-25(7,8)9)14-11-15(12(2)3)23-20-14;1-2;/h11-13,16H,10H2,1-9H3,(H,19,21);1-2H3;1H. The highest BCUT2D eigenvalue weighted by Crippen LogP contribution is 2.43. The third-order valence-corrected chi connectivity index (χ3v) is 4.09. The number of aromatic nitrogens is 1. The van der Waals surface area contributed by atoms with E-state index in [9.17, 15) is 4.79 Å². The van der Waals surface area contributed by atoms with Gasteiger partial charge >= 0.3 is 6.09 Å². The minimum atomic E-state index is -1.28. The van der Waals surface area contributed by atoms with Crippen molar-refractivity contribution in [1.29, 1.82) is 0 Å². The van der Waals surface area contributed by atoms with Gasteiger partial charge in [-0.3, -0.25) is 0 Å². The number of nitrogens with one attached hydrogen (secondary N) is 1. The Balaban J connectivity index is 0. The maximum absolute atomic E-state index is 12.2. The van der Waals surface area contributed by atoms with Crippen molar-refractivity contribution < 1.29 is 19.7 Å². The number of carbonyl (C=O) groups excluding carboxylic acids is 1. The second-order valence-electron chi connectivity index (χ2n) is 8.21. The molecule has 7 heteroatoms. The van der Waals surface area contributed by atoms with Gasteiger partial charge in [0.25, 0.3) is 0 Å². The van der Waals surface area contributed by atoms with Crippen LogP contribution in [0.1, 0.15) is 86.7 Å². The summed E-state index contributed by atoms with van der Waals surface area (Å²) in [6.07, 6.45) is 6.02. The van der Waals surface area contributed by atoms with Crippen LogP contribution in [0, 0.1) is 0 Å². The number of ether oxygens (including phenoxy) is 1. The summed E-state index contributed by atoms with van der Waals surface area (Å²) in [5.74, 6) is 1.04. The molecule has 0 spiro atoms. The molecule has 27 heavy (non-hydrogen) atoms. The molecule has 0 bridgehead atoms. The average Bonchev–Trinajstić information content (AvgIpc) is 3.00. The topological polar surface area (TPSA) is 73.6 Å². The van der Waals surface area contributed by atoms with Crippen molar-refractivity contribution in [3.05, 3.63) is 17.5 Å². The van der Waals surface area contributed by atoms with Crippen LogP contribution in [0.3, 0.4) is 0 Å². The highest BCUT2D eigenvalue weighted by Gasteiger charge is 2.32. The predicted octanol–water partition coefficient (Wildman–Crippen LogP) is 6.04. The minimum absolute atomic E-state index is 0. The van der Waals surface area contributed by atoms with Crippen LogP contribution >= 0.6 is 10.3 Å². The monoisotopic (exact) mass is 406 g/mol. The van der Waals surface area contributed by atoms with Crippen LogP contribution in [0.25, 0.3) is 0 Å². The van der Waals surface area contributed by atoms with E-state index in [1.54, 1.807) is 0 Å². The summed E-state index contributed by atoms with van der Waals surface area (Å²) in [5.41, 5.74) is 0.154. The first-order valence-electron chi connectivity index (χ1n) is 9.65. The molecule has 0 saturated heterocycles. The fourth-order valence-corrected chi connectivity index (χ4v) is 3.05. The van der Waals surface area contributed by atoms with Gasteiger partial charge < -0.3 is 18.8 Å². The molecule has 2 unspecified atom stereocenters. The Morgan fingerprint density at radius 3 is 2.22 bits per heavy atom. The summed E-state index contributed by atoms with van der Waals surface area (Å²) in [4.78, 5) is 12.2. The number of amides is 1. The van der Waals surface area contributed by atoms with Crippen molar-refractivity contribution in [2.75, 3.05) is 18.8 Å². The third kappa shape index (κ3) is 10.1. The van der Waals surface area contributed by atoms with E-state index in [1.807, 2.05) is 61.5 Å². The molecule has 1 N–H and O–H groups in total. The second kappa shape index (κ2) is 11.0. The number of carbonyl (C=O) groups is 1. The van der Waals surface area contributed by atoms with Crippen LogP contribution in [0.4, 0.5) is 4.79 Å². The number of alkyl carbamates (subject to hydrolysis) is 1. The molecule has 162 valence electrons. The van der Waals surface area contributed by atoms with Gasteiger partial charge in [0, 0.05) is 13.4 Å². The largest absolute Gasteiger partial charge is 0.444 e. The third-order valence-electron chi connectivity index (χ3n) is 3.31. The molecule has 0 aromatic carbocycles. The maximum atomic E-state index is 12.2. The molecule has 0 saturated carbocycles. The van der Waals surface area contributed by atoms with Crippen LogP contribution in [-0.2, 0) is 8.92 Å². The summed E-state index contributed by atoms with van der Waals surface area (Å²) in [6, 6.07) is 1.66. The Kier molecular flexibility index (Phi) is 10.5. The van der Waals surface area contributed by atoms with E-state index in [0.29, 0.717) is 12.1 Å². The molecule has 2 atom stereocenters. The Morgan fingerprint density at radius 1 is 1.30 bits per heavy atom. The molecular weight excluding hydrogens is 364 g/mol. The zero-order valence-electron chi connectivity index (χ0n) is 19.0. The van der Waals surface area contributed by atoms with Crippen molar-refractivity contribution in [3.8, 4) is 0 Å². The van der Waals surface area contributed by atoms with Gasteiger partial charge in [-0.05, 0) is 46.0 Å². The van der Waals surface area contributed by atoms with Crippen molar-refractivity contribution >= 4 is 16.4 Å². The molecule has 0 radical (unpaired) electrons. The molecule has 1 aromatic rings. The van der Waals surface area contributed by atoms with Crippen molar-refractivity contribution in [2.45, 2.75) is 85.5 Å². The highest BCUT2D eigenvalue weighted by molar-refractivity contribution is 8.28. The maximum Gasteiger partial charge on any atom is 0.407 e. The van der Waals surface area contributed by atoms with E-state index in [0.717, 1.165) is 5.76 Å². The zero-order valence-corrected chi connectivity index (χ0v) is 19.8. The normalized spacial score (nSPS) is 14.8. The van der Waals surface area contributed by atoms with Crippen LogP contribution < -0.4 is 5.32 Å². The molecule has 0 aliphatic heterocycles. The molecule has 0 fully saturated rings. The molecule has 0 aliphatic carbocycles. The Morgan fingerprint density at radius 2 is 1.85 bits per heavy atom. The predicted molar refractivity (Wildman–Crippen MR) is 117 cm³/mol. The van der Waals surface area contributed by atoms with Gasteiger partial charge in [0.05, 0.1) is 6.04 Å². The SMILES string of the molecule is CC.CCC(NC(=O)OC(C)(C)C)C(OS(C)(C)C)c1cc(C(C)C)on1.[HH]. The van der Waals surface area contributed by atoms with Crippen LogP contribution in [0.2, 0.25) is 0 Å². The van der Waals surface area contributed by atoms with Crippen LogP contribution in [0.15, 0.2) is 10.6 Å². The summed E-state index contributed by atoms with van der Waals surface area (Å²) in [6.45, 7) is 15.6. The van der Waals surface area contributed by atoms with Gasteiger partial charge in [0.2, 0.25) is 0 Å². The van der Waals surface area contributed by atoms with E-state index in [1.165, 1.54) is 0 Å². The summed E-state index contributed by atoms with van der Waals surface area (Å²) < 4.78 is 17.1. The van der Waals surface area contributed by atoms with Crippen LogP contribution in [0.5, 0.6) is 0 Å². The van der Waals surface area contributed by atoms with E-state index >= 15 is 0 Å². The number of hydrogen-bond acceptors (Lipinski definition) is 5. The van der Waals surface area contributed by atoms with Crippen molar-refractivity contribution in [2.24, 2.45) is 0 Å². The van der Waals surface area contributed by atoms with Gasteiger partial charge in [-0.15, -0.1) is 10.3 Å². The Hall–Kier alpha value is -1.21. The zero-order chi connectivity index (χ0) is 21.4. The van der Waals surface area contributed by atoms with Gasteiger partial charge in [0.1, 0.15) is 23.2 Å². The van der Waals surface area contributed by atoms with Crippen LogP contribution in [-0.4, -0.2) is 41.7 Å². The highest BCUT2D eigenvalue weighted by atomic mass is 32.3. The quantitative estimate of drug-likeness (QED) is 0.597. The lowest BCUT2D eigenvalue weighted by molar-refractivity contribution is 0.0445. The van der Waals surface area contributed by atoms with Crippen molar-refractivity contribution in [1.82, 2.24) is 10.5 Å². The molecule has 6 nitrogen and oxygen atoms in total. The lowest BCUT2D eigenvalue weighted by Crippen LogP contribution is -2.42. The van der Waals surface area contributed by atoms with Gasteiger partial charge in [-0.2, -0.15) is 0 Å². The Bertz CT molecular complexity index is 565. The molecule has 1 rings (SSSR count). The Labute approximate surface area is 168 Å². The number of hydrogen-bond donors (Lipinski definition) is 1.